The van der Waals surface area contributed by atoms with Gasteiger partial charge in [0.25, 0.3) is 0 Å². The third kappa shape index (κ3) is 3.29. The van der Waals surface area contributed by atoms with Gasteiger partial charge in [0, 0.05) is 37.3 Å². The molecule has 1 N–H and O–H groups in total. The molecule has 2 saturated heterocycles. The van der Waals surface area contributed by atoms with Crippen LogP contribution in [0.25, 0.3) is 0 Å². The van der Waals surface area contributed by atoms with Crippen LogP contribution in [0, 0.1) is 5.41 Å². The standard InChI is InChI=1S/C19H28ClN3O/c20-17-3-1-10-21-18(17)23-11-2-8-19(14-23)9-12-22(13-19)15-4-6-16(24)7-5-15/h1,3,10,15-16,24H,2,4-9,11-14H2/t15?,16?,19-/m1/s1. The molecule has 0 amide bonds. The number of nitrogens with zero attached hydrogens (tertiary/aromatic N) is 3. The molecule has 1 aromatic rings. The van der Waals surface area contributed by atoms with Gasteiger partial charge in [0.2, 0.25) is 0 Å². The van der Waals surface area contributed by atoms with E-state index in [-0.39, 0.29) is 6.10 Å². The Morgan fingerprint density at radius 2 is 1.96 bits per heavy atom. The van der Waals surface area contributed by atoms with Gasteiger partial charge in [0.15, 0.2) is 0 Å². The molecule has 5 heteroatoms. The lowest BCUT2D eigenvalue weighted by Crippen LogP contribution is -2.46. The van der Waals surface area contributed by atoms with Gasteiger partial charge >= 0.3 is 0 Å². The monoisotopic (exact) mass is 349 g/mol. The Kier molecular flexibility index (Phi) is 4.72. The Morgan fingerprint density at radius 1 is 1.12 bits per heavy atom. The summed E-state index contributed by atoms with van der Waals surface area (Å²) in [5.74, 6) is 0.956. The van der Waals surface area contributed by atoms with E-state index in [4.69, 9.17) is 11.6 Å². The fourth-order valence-electron chi connectivity index (χ4n) is 5.04. The summed E-state index contributed by atoms with van der Waals surface area (Å²) < 4.78 is 0. The summed E-state index contributed by atoms with van der Waals surface area (Å²) in [4.78, 5) is 9.63. The number of hydrogen-bond acceptors (Lipinski definition) is 4. The van der Waals surface area contributed by atoms with Crippen LogP contribution in [0.15, 0.2) is 18.3 Å². The van der Waals surface area contributed by atoms with Gasteiger partial charge in [-0.05, 0) is 63.6 Å². The van der Waals surface area contributed by atoms with Crippen molar-refractivity contribution in [1.82, 2.24) is 9.88 Å². The molecule has 3 aliphatic rings. The number of rotatable bonds is 2. The number of aliphatic hydroxyl groups is 1. The first kappa shape index (κ1) is 16.6. The summed E-state index contributed by atoms with van der Waals surface area (Å²) in [6.45, 7) is 4.56. The third-order valence-corrected chi connectivity index (χ3v) is 6.65. The van der Waals surface area contributed by atoms with Crippen molar-refractivity contribution >= 4 is 17.4 Å². The maximum Gasteiger partial charge on any atom is 0.147 e. The van der Waals surface area contributed by atoms with Crippen LogP contribution in [0.3, 0.4) is 0 Å². The van der Waals surface area contributed by atoms with Gasteiger partial charge in [-0.1, -0.05) is 11.6 Å². The molecule has 0 bridgehead atoms. The van der Waals surface area contributed by atoms with Crippen molar-refractivity contribution in [3.05, 3.63) is 23.4 Å². The topological polar surface area (TPSA) is 39.6 Å². The molecule has 0 aromatic carbocycles. The Labute approximate surface area is 149 Å². The highest BCUT2D eigenvalue weighted by molar-refractivity contribution is 6.32. The molecule has 4 nitrogen and oxygen atoms in total. The molecule has 132 valence electrons. The van der Waals surface area contributed by atoms with E-state index < -0.39 is 0 Å². The van der Waals surface area contributed by atoms with Crippen molar-refractivity contribution < 1.29 is 5.11 Å². The number of anilines is 1. The van der Waals surface area contributed by atoms with E-state index in [1.165, 1.54) is 32.4 Å². The maximum atomic E-state index is 9.75. The second-order valence-corrected chi connectivity index (χ2v) is 8.42. The minimum Gasteiger partial charge on any atom is -0.393 e. The molecule has 3 fully saturated rings. The van der Waals surface area contributed by atoms with Gasteiger partial charge in [-0.3, -0.25) is 4.90 Å². The molecule has 24 heavy (non-hydrogen) atoms. The van der Waals surface area contributed by atoms with Crippen LogP contribution >= 0.6 is 11.6 Å². The normalized spacial score (nSPS) is 34.8. The van der Waals surface area contributed by atoms with Crippen LogP contribution in [0.2, 0.25) is 5.02 Å². The van der Waals surface area contributed by atoms with Crippen molar-refractivity contribution in [2.75, 3.05) is 31.1 Å². The average Bonchev–Trinajstić information content (AvgIpc) is 2.99. The number of likely N-dealkylation sites (tertiary alicyclic amines) is 1. The van der Waals surface area contributed by atoms with Gasteiger partial charge in [0.05, 0.1) is 11.1 Å². The van der Waals surface area contributed by atoms with E-state index in [1.807, 2.05) is 18.3 Å². The minimum absolute atomic E-state index is 0.0608. The van der Waals surface area contributed by atoms with Crippen molar-refractivity contribution in [3.63, 3.8) is 0 Å². The van der Waals surface area contributed by atoms with Crippen molar-refractivity contribution in [1.29, 1.82) is 0 Å². The second kappa shape index (κ2) is 6.81. The Morgan fingerprint density at radius 3 is 2.75 bits per heavy atom. The summed E-state index contributed by atoms with van der Waals surface area (Å²) in [5, 5.41) is 10.5. The van der Waals surface area contributed by atoms with E-state index in [1.54, 1.807) is 0 Å². The fourth-order valence-corrected chi connectivity index (χ4v) is 5.28. The van der Waals surface area contributed by atoms with E-state index in [2.05, 4.69) is 14.8 Å². The molecule has 1 atom stereocenters. The Hall–Kier alpha value is -0.840. The molecule has 1 spiro atoms. The van der Waals surface area contributed by atoms with E-state index in [0.717, 1.165) is 49.6 Å². The molecular weight excluding hydrogens is 322 g/mol. The SMILES string of the molecule is OC1CCC(N2CC[C@]3(CCCN(c4ncccc4Cl)C3)C2)CC1. The molecule has 2 aliphatic heterocycles. The van der Waals surface area contributed by atoms with Crippen LogP contribution in [-0.2, 0) is 0 Å². The number of halogens is 1. The molecule has 4 rings (SSSR count). The van der Waals surface area contributed by atoms with Crippen LogP contribution < -0.4 is 4.90 Å². The zero-order valence-electron chi connectivity index (χ0n) is 14.3. The average molecular weight is 350 g/mol. The van der Waals surface area contributed by atoms with Gasteiger partial charge in [-0.2, -0.15) is 0 Å². The lowest BCUT2D eigenvalue weighted by molar-refractivity contribution is 0.0770. The summed E-state index contributed by atoms with van der Waals surface area (Å²) in [5.41, 5.74) is 0.398. The highest BCUT2D eigenvalue weighted by atomic mass is 35.5. The first-order chi connectivity index (χ1) is 11.7. The number of pyridine rings is 1. The van der Waals surface area contributed by atoms with Crippen LogP contribution in [0.1, 0.15) is 44.9 Å². The lowest BCUT2D eigenvalue weighted by Gasteiger charge is -2.42. The summed E-state index contributed by atoms with van der Waals surface area (Å²) >= 11 is 6.38. The predicted molar refractivity (Wildman–Crippen MR) is 97.6 cm³/mol. The van der Waals surface area contributed by atoms with Crippen molar-refractivity contribution in [2.24, 2.45) is 5.41 Å². The highest BCUT2D eigenvalue weighted by Crippen LogP contribution is 2.42. The number of hydrogen-bond donors (Lipinski definition) is 1. The molecule has 0 unspecified atom stereocenters. The number of aromatic nitrogens is 1. The first-order valence-corrected chi connectivity index (χ1v) is 9.81. The summed E-state index contributed by atoms with van der Waals surface area (Å²) in [6, 6.07) is 4.53. The smallest absolute Gasteiger partial charge is 0.147 e. The molecule has 1 aromatic heterocycles. The minimum atomic E-state index is -0.0608. The van der Waals surface area contributed by atoms with Crippen molar-refractivity contribution in [3.8, 4) is 0 Å². The molecule has 0 radical (unpaired) electrons. The predicted octanol–water partition coefficient (Wildman–Crippen LogP) is 3.33. The molecule has 3 heterocycles. The lowest BCUT2D eigenvalue weighted by atomic mass is 9.79. The molecule has 1 aliphatic carbocycles. The van der Waals surface area contributed by atoms with Gasteiger partial charge in [-0.25, -0.2) is 4.98 Å². The van der Waals surface area contributed by atoms with Gasteiger partial charge in [-0.15, -0.1) is 0 Å². The third-order valence-electron chi connectivity index (χ3n) is 6.35. The van der Waals surface area contributed by atoms with E-state index >= 15 is 0 Å². The zero-order chi connectivity index (χ0) is 16.6. The van der Waals surface area contributed by atoms with Gasteiger partial charge in [0.1, 0.15) is 5.82 Å². The van der Waals surface area contributed by atoms with E-state index in [9.17, 15) is 5.11 Å². The first-order valence-electron chi connectivity index (χ1n) is 9.43. The molecule has 1 saturated carbocycles. The maximum absolute atomic E-state index is 9.75. The van der Waals surface area contributed by atoms with Crippen LogP contribution in [0.5, 0.6) is 0 Å². The quantitative estimate of drug-likeness (QED) is 0.889. The second-order valence-electron chi connectivity index (χ2n) is 8.02. The largest absolute Gasteiger partial charge is 0.393 e. The zero-order valence-corrected chi connectivity index (χ0v) is 15.1. The van der Waals surface area contributed by atoms with Crippen molar-refractivity contribution in [2.45, 2.75) is 57.1 Å². The summed E-state index contributed by atoms with van der Waals surface area (Å²) in [6.07, 6.45) is 9.89. The molecular formula is C19H28ClN3O. The highest BCUT2D eigenvalue weighted by Gasteiger charge is 2.43. The number of aliphatic hydroxyl groups excluding tert-OH is 1. The Balaban J connectivity index is 1.43. The summed E-state index contributed by atoms with van der Waals surface area (Å²) in [7, 11) is 0. The van der Waals surface area contributed by atoms with Gasteiger partial charge < -0.3 is 10.0 Å². The van der Waals surface area contributed by atoms with Crippen LogP contribution in [-0.4, -0.2) is 53.3 Å². The Bertz CT molecular complexity index is 575. The number of piperidine rings is 1. The van der Waals surface area contributed by atoms with E-state index in [0.29, 0.717) is 11.5 Å². The fraction of sp³-hybridized carbons (Fsp3) is 0.737. The van der Waals surface area contributed by atoms with Crippen LogP contribution in [0.4, 0.5) is 5.82 Å².